The molecule has 96 valence electrons. The summed E-state index contributed by atoms with van der Waals surface area (Å²) in [5, 5.41) is 13.1. The summed E-state index contributed by atoms with van der Waals surface area (Å²) in [6, 6.07) is 3.77. The van der Waals surface area contributed by atoms with Crippen LogP contribution in [0.15, 0.2) is 30.9 Å². The Morgan fingerprint density at radius 3 is 2.89 bits per heavy atom. The van der Waals surface area contributed by atoms with Crippen LogP contribution in [0.25, 0.3) is 0 Å². The number of carbonyl (C=O) groups is 1. The number of ether oxygens (including phenoxy) is 1. The molecular weight excluding hydrogens is 260 g/mol. The fourth-order valence-corrected chi connectivity index (χ4v) is 1.33. The van der Waals surface area contributed by atoms with E-state index in [0.29, 0.717) is 6.54 Å². The third-order valence-corrected chi connectivity index (χ3v) is 2.22. The van der Waals surface area contributed by atoms with Gasteiger partial charge in [-0.15, -0.1) is 6.58 Å². The molecule has 0 atom stereocenters. The fraction of sp³-hybridized carbons (Fsp3) is 0.182. The lowest BCUT2D eigenvalue weighted by atomic mass is 10.3. The van der Waals surface area contributed by atoms with Crippen molar-refractivity contribution in [3.63, 3.8) is 0 Å². The molecule has 1 N–H and O–H groups in total. The van der Waals surface area contributed by atoms with Crippen LogP contribution >= 0.6 is 11.6 Å². The van der Waals surface area contributed by atoms with Gasteiger partial charge in [0.25, 0.3) is 11.6 Å². The van der Waals surface area contributed by atoms with Crippen molar-refractivity contribution in [3.8, 4) is 5.75 Å². The molecule has 7 heteroatoms. The van der Waals surface area contributed by atoms with Gasteiger partial charge in [0.15, 0.2) is 6.61 Å². The lowest BCUT2D eigenvalue weighted by molar-refractivity contribution is -0.384. The number of halogens is 1. The largest absolute Gasteiger partial charge is 0.482 e. The summed E-state index contributed by atoms with van der Waals surface area (Å²) in [5.74, 6) is -0.111. The smallest absolute Gasteiger partial charge is 0.271 e. The zero-order valence-corrected chi connectivity index (χ0v) is 10.1. The molecule has 0 aliphatic heterocycles. The predicted molar refractivity (Wildman–Crippen MR) is 66.8 cm³/mol. The van der Waals surface area contributed by atoms with Gasteiger partial charge in [0.05, 0.1) is 9.95 Å². The van der Waals surface area contributed by atoms with Crippen LogP contribution in [0.2, 0.25) is 5.02 Å². The Hall–Kier alpha value is -2.08. The SMILES string of the molecule is C=CCNC(=O)COc1ccc([N+](=O)[O-])cc1Cl. The van der Waals surface area contributed by atoms with Gasteiger partial charge >= 0.3 is 0 Å². The van der Waals surface area contributed by atoms with E-state index in [4.69, 9.17) is 16.3 Å². The Balaban J connectivity index is 2.60. The molecule has 0 saturated carbocycles. The number of nitrogens with zero attached hydrogens (tertiary/aromatic N) is 1. The van der Waals surface area contributed by atoms with E-state index >= 15 is 0 Å². The monoisotopic (exact) mass is 270 g/mol. The zero-order chi connectivity index (χ0) is 13.5. The Kier molecular flexibility index (Phi) is 5.13. The molecular formula is C11H11ClN2O4. The highest BCUT2D eigenvalue weighted by molar-refractivity contribution is 6.32. The highest BCUT2D eigenvalue weighted by Crippen LogP contribution is 2.28. The second kappa shape index (κ2) is 6.61. The van der Waals surface area contributed by atoms with Gasteiger partial charge in [0.1, 0.15) is 5.75 Å². The predicted octanol–water partition coefficient (Wildman–Crippen LogP) is 1.93. The summed E-state index contributed by atoms with van der Waals surface area (Å²) < 4.78 is 5.13. The van der Waals surface area contributed by atoms with Crippen LogP contribution in [0.5, 0.6) is 5.75 Å². The molecule has 1 aromatic rings. The quantitative estimate of drug-likeness (QED) is 0.486. The van der Waals surface area contributed by atoms with Crippen LogP contribution in [-0.2, 0) is 4.79 Å². The molecule has 0 spiro atoms. The molecule has 0 radical (unpaired) electrons. The Morgan fingerprint density at radius 1 is 1.61 bits per heavy atom. The van der Waals surface area contributed by atoms with Crippen LogP contribution in [0.1, 0.15) is 0 Å². The van der Waals surface area contributed by atoms with Gasteiger partial charge in [0, 0.05) is 18.7 Å². The number of carbonyl (C=O) groups excluding carboxylic acids is 1. The number of non-ortho nitro benzene ring substituents is 1. The van der Waals surface area contributed by atoms with Crippen molar-refractivity contribution in [1.82, 2.24) is 5.32 Å². The van der Waals surface area contributed by atoms with Crippen molar-refractivity contribution in [1.29, 1.82) is 0 Å². The molecule has 0 fully saturated rings. The summed E-state index contributed by atoms with van der Waals surface area (Å²) in [5.41, 5.74) is -0.136. The van der Waals surface area contributed by atoms with Crippen molar-refractivity contribution in [2.45, 2.75) is 0 Å². The minimum absolute atomic E-state index is 0.0840. The normalized spacial score (nSPS) is 9.61. The molecule has 0 saturated heterocycles. The summed E-state index contributed by atoms with van der Waals surface area (Å²) in [6.07, 6.45) is 1.54. The molecule has 1 aromatic carbocycles. The summed E-state index contributed by atoms with van der Waals surface area (Å²) >= 11 is 5.78. The van der Waals surface area contributed by atoms with Gasteiger partial charge < -0.3 is 10.1 Å². The van der Waals surface area contributed by atoms with E-state index in [1.54, 1.807) is 0 Å². The molecule has 1 amide bonds. The topological polar surface area (TPSA) is 81.5 Å². The van der Waals surface area contributed by atoms with Crippen molar-refractivity contribution < 1.29 is 14.5 Å². The van der Waals surface area contributed by atoms with E-state index in [0.717, 1.165) is 0 Å². The first kappa shape index (κ1) is 14.0. The number of benzene rings is 1. The van der Waals surface area contributed by atoms with Gasteiger partial charge in [-0.1, -0.05) is 17.7 Å². The van der Waals surface area contributed by atoms with Crippen molar-refractivity contribution in [3.05, 3.63) is 46.0 Å². The molecule has 0 bridgehead atoms. The number of nitrogens with one attached hydrogen (secondary N) is 1. The maximum Gasteiger partial charge on any atom is 0.271 e. The van der Waals surface area contributed by atoms with Gasteiger partial charge in [-0.25, -0.2) is 0 Å². The van der Waals surface area contributed by atoms with Crippen molar-refractivity contribution in [2.75, 3.05) is 13.2 Å². The van der Waals surface area contributed by atoms with E-state index in [1.165, 1.54) is 24.3 Å². The van der Waals surface area contributed by atoms with Gasteiger partial charge in [0.2, 0.25) is 0 Å². The fourth-order valence-electron chi connectivity index (χ4n) is 1.10. The Labute approximate surface area is 108 Å². The maximum absolute atomic E-state index is 11.2. The Bertz CT molecular complexity index is 476. The molecule has 0 aliphatic rings. The van der Waals surface area contributed by atoms with E-state index in [-0.39, 0.29) is 29.0 Å². The van der Waals surface area contributed by atoms with Crippen molar-refractivity contribution >= 4 is 23.2 Å². The minimum atomic E-state index is -0.563. The first-order valence-corrected chi connectivity index (χ1v) is 5.36. The molecule has 6 nitrogen and oxygen atoms in total. The van der Waals surface area contributed by atoms with Crippen LogP contribution in [-0.4, -0.2) is 24.0 Å². The summed E-state index contributed by atoms with van der Waals surface area (Å²) in [7, 11) is 0. The third-order valence-electron chi connectivity index (χ3n) is 1.93. The molecule has 18 heavy (non-hydrogen) atoms. The number of rotatable bonds is 6. The van der Waals surface area contributed by atoms with E-state index < -0.39 is 4.92 Å². The first-order chi connectivity index (χ1) is 8.54. The summed E-state index contributed by atoms with van der Waals surface area (Å²) in [6.45, 7) is 3.58. The third kappa shape index (κ3) is 4.06. The molecule has 0 heterocycles. The van der Waals surface area contributed by atoms with E-state index in [2.05, 4.69) is 11.9 Å². The zero-order valence-electron chi connectivity index (χ0n) is 9.39. The van der Waals surface area contributed by atoms with Gasteiger partial charge in [-0.2, -0.15) is 0 Å². The Morgan fingerprint density at radius 2 is 2.33 bits per heavy atom. The van der Waals surface area contributed by atoms with E-state index in [1.807, 2.05) is 0 Å². The number of nitro benzene ring substituents is 1. The second-order valence-corrected chi connectivity index (χ2v) is 3.66. The minimum Gasteiger partial charge on any atom is -0.482 e. The molecule has 0 aliphatic carbocycles. The van der Waals surface area contributed by atoms with Crippen LogP contribution in [0, 0.1) is 10.1 Å². The van der Waals surface area contributed by atoms with Crippen molar-refractivity contribution in [2.24, 2.45) is 0 Å². The first-order valence-electron chi connectivity index (χ1n) is 4.99. The van der Waals surface area contributed by atoms with Gasteiger partial charge in [-0.3, -0.25) is 14.9 Å². The highest BCUT2D eigenvalue weighted by Gasteiger charge is 2.11. The lowest BCUT2D eigenvalue weighted by Gasteiger charge is -2.07. The number of amides is 1. The highest BCUT2D eigenvalue weighted by atomic mass is 35.5. The average molecular weight is 271 g/mol. The maximum atomic E-state index is 11.2. The lowest BCUT2D eigenvalue weighted by Crippen LogP contribution is -2.28. The number of nitro groups is 1. The summed E-state index contributed by atoms with van der Waals surface area (Å²) in [4.78, 5) is 21.1. The van der Waals surface area contributed by atoms with Crippen LogP contribution < -0.4 is 10.1 Å². The van der Waals surface area contributed by atoms with Crippen LogP contribution in [0.3, 0.4) is 0 Å². The number of hydrogen-bond donors (Lipinski definition) is 1. The van der Waals surface area contributed by atoms with E-state index in [9.17, 15) is 14.9 Å². The number of hydrogen-bond acceptors (Lipinski definition) is 4. The van der Waals surface area contributed by atoms with Gasteiger partial charge in [-0.05, 0) is 6.07 Å². The second-order valence-electron chi connectivity index (χ2n) is 3.25. The average Bonchev–Trinajstić information content (AvgIpc) is 2.34. The molecule has 0 unspecified atom stereocenters. The molecule has 0 aromatic heterocycles. The molecule has 1 rings (SSSR count). The van der Waals surface area contributed by atoms with Crippen LogP contribution in [0.4, 0.5) is 5.69 Å². The standard InChI is InChI=1S/C11H11ClN2O4/c1-2-5-13-11(15)7-18-10-4-3-8(14(16)17)6-9(10)12/h2-4,6H,1,5,7H2,(H,13,15).